The van der Waals surface area contributed by atoms with Crippen molar-refractivity contribution in [2.24, 2.45) is 0 Å². The van der Waals surface area contributed by atoms with Gasteiger partial charge in [-0.15, -0.1) is 0 Å². The highest BCUT2D eigenvalue weighted by Gasteiger charge is 2.16. The predicted octanol–water partition coefficient (Wildman–Crippen LogP) is -1.16. The van der Waals surface area contributed by atoms with Gasteiger partial charge in [0.25, 0.3) is 0 Å². The Morgan fingerprint density at radius 2 is 1.95 bits per heavy atom. The zero-order valence-corrected chi connectivity index (χ0v) is 13.3. The molecule has 2 rings (SSSR count). The maximum atomic E-state index is 12.0. The smallest absolute Gasteiger partial charge is 0.238 e. The van der Waals surface area contributed by atoms with Crippen LogP contribution in [-0.4, -0.2) is 55.5 Å². The minimum absolute atomic E-state index is 0. The summed E-state index contributed by atoms with van der Waals surface area (Å²) in [5, 5.41) is 3.57. The Labute approximate surface area is 131 Å². The van der Waals surface area contributed by atoms with Gasteiger partial charge >= 0.3 is 0 Å². The van der Waals surface area contributed by atoms with Crippen LogP contribution in [0.2, 0.25) is 5.02 Å². The minimum atomic E-state index is 0. The van der Waals surface area contributed by atoms with Crippen LogP contribution in [0, 0.1) is 6.92 Å². The van der Waals surface area contributed by atoms with Gasteiger partial charge < -0.3 is 22.6 Å². The first-order valence-electron chi connectivity index (χ1n) is 6.51. The molecule has 1 saturated heterocycles. The Kier molecular flexibility index (Phi) is 6.76. The third-order valence-electron chi connectivity index (χ3n) is 3.44. The Hall–Kier alpha value is -0.810. The second kappa shape index (κ2) is 7.84. The summed E-state index contributed by atoms with van der Waals surface area (Å²) < 4.78 is 0. The van der Waals surface area contributed by atoms with Gasteiger partial charge in [0.2, 0.25) is 5.91 Å². The number of amides is 1. The number of nitrogens with zero attached hydrogens (tertiary/aromatic N) is 2. The lowest BCUT2D eigenvalue weighted by Gasteiger charge is -2.31. The van der Waals surface area contributed by atoms with Crippen LogP contribution >= 0.6 is 11.6 Å². The monoisotopic (exact) mass is 316 g/mol. The summed E-state index contributed by atoms with van der Waals surface area (Å²) in [5.74, 6) is 0.0231. The molecular formula is C14H20Cl2N3O-. The highest BCUT2D eigenvalue weighted by Crippen LogP contribution is 2.20. The maximum absolute atomic E-state index is 12.0. The van der Waals surface area contributed by atoms with E-state index in [1.54, 1.807) is 6.07 Å². The van der Waals surface area contributed by atoms with Gasteiger partial charge in [-0.1, -0.05) is 17.7 Å². The number of halogens is 2. The SMILES string of the molecule is Cc1ccc(Cl)cc1NC(=O)CN1CCN(C)CC1.[Cl-]. The van der Waals surface area contributed by atoms with Crippen molar-refractivity contribution in [3.63, 3.8) is 0 Å². The predicted molar refractivity (Wildman–Crippen MR) is 78.8 cm³/mol. The van der Waals surface area contributed by atoms with Gasteiger partial charge in [0.1, 0.15) is 0 Å². The topological polar surface area (TPSA) is 35.6 Å². The Bertz CT molecular complexity index is 460. The van der Waals surface area contributed by atoms with Crippen molar-refractivity contribution >= 4 is 23.2 Å². The van der Waals surface area contributed by atoms with Crippen molar-refractivity contribution in [3.8, 4) is 0 Å². The Balaban J connectivity index is 0.00000200. The zero-order chi connectivity index (χ0) is 13.8. The second-order valence-electron chi connectivity index (χ2n) is 5.09. The highest BCUT2D eigenvalue weighted by atomic mass is 35.5. The van der Waals surface area contributed by atoms with Gasteiger partial charge in [-0.05, 0) is 31.7 Å². The number of rotatable bonds is 3. The molecule has 6 heteroatoms. The first-order chi connectivity index (χ1) is 9.04. The molecule has 0 aliphatic carbocycles. The van der Waals surface area contributed by atoms with Crippen molar-refractivity contribution in [2.45, 2.75) is 6.92 Å². The van der Waals surface area contributed by atoms with Crippen LogP contribution in [-0.2, 0) is 4.79 Å². The molecule has 112 valence electrons. The highest BCUT2D eigenvalue weighted by molar-refractivity contribution is 6.31. The molecule has 0 atom stereocenters. The lowest BCUT2D eigenvalue weighted by Crippen LogP contribution is -3.00. The van der Waals surface area contributed by atoms with Crippen LogP contribution in [0.15, 0.2) is 18.2 Å². The van der Waals surface area contributed by atoms with Crippen LogP contribution < -0.4 is 17.7 Å². The van der Waals surface area contributed by atoms with E-state index in [1.807, 2.05) is 19.1 Å². The van der Waals surface area contributed by atoms with E-state index in [4.69, 9.17) is 11.6 Å². The van der Waals surface area contributed by atoms with Gasteiger partial charge in [0.05, 0.1) is 6.54 Å². The molecular weight excluding hydrogens is 297 g/mol. The fourth-order valence-corrected chi connectivity index (χ4v) is 2.30. The summed E-state index contributed by atoms with van der Waals surface area (Å²) >= 11 is 5.94. The van der Waals surface area contributed by atoms with Crippen molar-refractivity contribution < 1.29 is 17.2 Å². The Morgan fingerprint density at radius 1 is 1.30 bits per heavy atom. The van der Waals surface area contributed by atoms with Crippen LogP contribution in [0.3, 0.4) is 0 Å². The van der Waals surface area contributed by atoms with E-state index in [1.165, 1.54) is 0 Å². The molecule has 1 aromatic rings. The lowest BCUT2D eigenvalue weighted by molar-refractivity contribution is -0.117. The summed E-state index contributed by atoms with van der Waals surface area (Å²) in [5.41, 5.74) is 1.82. The van der Waals surface area contributed by atoms with E-state index in [9.17, 15) is 4.79 Å². The molecule has 0 aromatic heterocycles. The standard InChI is InChI=1S/C14H20ClN3O.ClH/c1-11-3-4-12(15)9-13(11)16-14(19)10-18-7-5-17(2)6-8-18;/h3-4,9H,5-8,10H2,1-2H3,(H,16,19);1H/p-1. The van der Waals surface area contributed by atoms with Crippen LogP contribution in [0.4, 0.5) is 5.69 Å². The van der Waals surface area contributed by atoms with Crippen molar-refractivity contribution in [2.75, 3.05) is 45.1 Å². The molecule has 4 nitrogen and oxygen atoms in total. The molecule has 0 radical (unpaired) electrons. The summed E-state index contributed by atoms with van der Waals surface area (Å²) in [6, 6.07) is 5.53. The van der Waals surface area contributed by atoms with Crippen molar-refractivity contribution in [1.29, 1.82) is 0 Å². The normalized spacial score (nSPS) is 16.6. The third-order valence-corrected chi connectivity index (χ3v) is 3.67. The zero-order valence-electron chi connectivity index (χ0n) is 11.8. The van der Waals surface area contributed by atoms with Gasteiger partial charge in [-0.3, -0.25) is 9.69 Å². The van der Waals surface area contributed by atoms with Crippen LogP contribution in [0.25, 0.3) is 0 Å². The van der Waals surface area contributed by atoms with E-state index in [0.29, 0.717) is 11.6 Å². The van der Waals surface area contributed by atoms with Gasteiger partial charge in [0.15, 0.2) is 0 Å². The van der Waals surface area contributed by atoms with E-state index in [2.05, 4.69) is 22.2 Å². The van der Waals surface area contributed by atoms with E-state index < -0.39 is 0 Å². The van der Waals surface area contributed by atoms with Gasteiger partial charge in [-0.2, -0.15) is 0 Å². The molecule has 0 bridgehead atoms. The number of piperazine rings is 1. The third kappa shape index (κ3) is 4.94. The minimum Gasteiger partial charge on any atom is -1.00 e. The number of aryl methyl sites for hydroxylation is 1. The number of likely N-dealkylation sites (N-methyl/N-ethyl adjacent to an activating group) is 1. The molecule has 1 aliphatic rings. The first-order valence-corrected chi connectivity index (χ1v) is 6.89. The molecule has 1 fully saturated rings. The fraction of sp³-hybridized carbons (Fsp3) is 0.500. The molecule has 0 unspecified atom stereocenters. The largest absolute Gasteiger partial charge is 1.00 e. The quantitative estimate of drug-likeness (QED) is 0.764. The number of nitrogens with one attached hydrogen (secondary N) is 1. The number of hydrogen-bond donors (Lipinski definition) is 1. The molecule has 0 saturated carbocycles. The average molecular weight is 317 g/mol. The van der Waals surface area contributed by atoms with E-state index in [-0.39, 0.29) is 18.3 Å². The molecule has 1 heterocycles. The molecule has 0 spiro atoms. The number of benzene rings is 1. The maximum Gasteiger partial charge on any atom is 0.238 e. The van der Waals surface area contributed by atoms with E-state index in [0.717, 1.165) is 37.4 Å². The summed E-state index contributed by atoms with van der Waals surface area (Å²) in [6.07, 6.45) is 0. The van der Waals surface area contributed by atoms with E-state index >= 15 is 0 Å². The second-order valence-corrected chi connectivity index (χ2v) is 5.52. The first kappa shape index (κ1) is 17.2. The Morgan fingerprint density at radius 3 is 2.60 bits per heavy atom. The average Bonchev–Trinajstić information content (AvgIpc) is 2.37. The van der Waals surface area contributed by atoms with Gasteiger partial charge in [0, 0.05) is 36.9 Å². The molecule has 1 N–H and O–H groups in total. The van der Waals surface area contributed by atoms with Gasteiger partial charge in [-0.25, -0.2) is 0 Å². The summed E-state index contributed by atoms with van der Waals surface area (Å²) in [7, 11) is 2.10. The number of carbonyl (C=O) groups excluding carboxylic acids is 1. The van der Waals surface area contributed by atoms with Crippen LogP contribution in [0.1, 0.15) is 5.56 Å². The summed E-state index contributed by atoms with van der Waals surface area (Å²) in [4.78, 5) is 16.5. The molecule has 20 heavy (non-hydrogen) atoms. The van der Waals surface area contributed by atoms with Crippen LogP contribution in [0.5, 0.6) is 0 Å². The number of carbonyl (C=O) groups is 1. The van der Waals surface area contributed by atoms with Crippen molar-refractivity contribution in [3.05, 3.63) is 28.8 Å². The molecule has 1 amide bonds. The lowest BCUT2D eigenvalue weighted by atomic mass is 10.2. The molecule has 1 aliphatic heterocycles. The number of anilines is 1. The van der Waals surface area contributed by atoms with Crippen molar-refractivity contribution in [1.82, 2.24) is 9.80 Å². The number of hydrogen-bond acceptors (Lipinski definition) is 3. The summed E-state index contributed by atoms with van der Waals surface area (Å²) in [6.45, 7) is 6.32. The fourth-order valence-electron chi connectivity index (χ4n) is 2.13. The molecule has 1 aromatic carbocycles.